The fourth-order valence-electron chi connectivity index (χ4n) is 5.05. The van der Waals surface area contributed by atoms with Gasteiger partial charge in [-0.15, -0.1) is 0 Å². The van der Waals surface area contributed by atoms with Gasteiger partial charge in [0.15, 0.2) is 5.11 Å². The summed E-state index contributed by atoms with van der Waals surface area (Å²) >= 11 is 9.48. The molecule has 1 fully saturated rings. The Hall–Kier alpha value is -3.56. The molecular weight excluding hydrogens is 565 g/mol. The van der Waals surface area contributed by atoms with Gasteiger partial charge in [0.25, 0.3) is 0 Å². The monoisotopic (exact) mass is 591 g/mol. The minimum absolute atomic E-state index is 0.168. The van der Waals surface area contributed by atoms with Crippen LogP contribution in [0.5, 0.6) is 0 Å². The second-order valence-corrected chi connectivity index (χ2v) is 10.5. The van der Waals surface area contributed by atoms with E-state index in [2.05, 4.69) is 67.0 Å². The number of carbonyl (C=O) groups excluding carboxylic acids is 1. The summed E-state index contributed by atoms with van der Waals surface area (Å²) in [6.45, 7) is 4.61. The molecule has 5 rings (SSSR count). The Morgan fingerprint density at radius 3 is 2.55 bits per heavy atom. The second kappa shape index (κ2) is 11.0. The van der Waals surface area contributed by atoms with Gasteiger partial charge in [0.2, 0.25) is 5.91 Å². The van der Waals surface area contributed by atoms with Crippen molar-refractivity contribution in [3.05, 3.63) is 112 Å². The molecule has 1 aliphatic heterocycles. The minimum atomic E-state index is -0.347. The summed E-state index contributed by atoms with van der Waals surface area (Å²) in [4.78, 5) is 19.5. The number of anilines is 1. The number of benzene rings is 2. The average Bonchev–Trinajstić information content (AvgIpc) is 3.39. The van der Waals surface area contributed by atoms with Crippen LogP contribution in [0.4, 0.5) is 10.1 Å². The molecule has 1 amide bonds. The van der Waals surface area contributed by atoms with Crippen molar-refractivity contribution >= 4 is 44.9 Å². The first-order valence-electron chi connectivity index (χ1n) is 12.3. The van der Waals surface area contributed by atoms with Gasteiger partial charge in [-0.25, -0.2) is 4.39 Å². The maximum absolute atomic E-state index is 13.2. The molecule has 2 atom stereocenters. The summed E-state index contributed by atoms with van der Waals surface area (Å²) in [7, 11) is 0. The number of thiocarbonyl (C=S) groups is 1. The highest BCUT2D eigenvalue weighted by Gasteiger charge is 2.41. The van der Waals surface area contributed by atoms with E-state index >= 15 is 0 Å². The third kappa shape index (κ3) is 5.21. The first-order chi connectivity index (χ1) is 18.3. The summed E-state index contributed by atoms with van der Waals surface area (Å²) in [6.07, 6.45) is 1.99. The highest BCUT2D eigenvalue weighted by atomic mass is 79.9. The van der Waals surface area contributed by atoms with Crippen LogP contribution in [-0.2, 0) is 4.79 Å². The number of carbonyl (C=O) groups is 1. The Morgan fingerprint density at radius 1 is 1.11 bits per heavy atom. The zero-order valence-electron chi connectivity index (χ0n) is 21.0. The molecule has 6 nitrogen and oxygen atoms in total. The number of halogens is 2. The molecule has 9 heteroatoms. The molecule has 1 aliphatic rings. The molecule has 0 unspecified atom stereocenters. The van der Waals surface area contributed by atoms with Crippen LogP contribution in [0.15, 0.2) is 83.5 Å². The maximum atomic E-state index is 13.2. The van der Waals surface area contributed by atoms with Gasteiger partial charge in [-0.3, -0.25) is 9.78 Å². The Labute approximate surface area is 235 Å². The summed E-state index contributed by atoms with van der Waals surface area (Å²) in [5.74, 6) is -0.516. The Bertz CT molecular complexity index is 1470. The third-order valence-corrected chi connectivity index (χ3v) is 7.81. The van der Waals surface area contributed by atoms with Crippen molar-refractivity contribution in [1.29, 1.82) is 0 Å². The SMILES string of the molecule is Cc1cc([C@@H]2[C@H](c3ccccn3)NC(=S)N2CCC(=O)Nc2ccc(F)cc2)c(C)n1-c1ccccc1Br. The molecule has 2 aromatic carbocycles. The molecule has 2 aromatic heterocycles. The van der Waals surface area contributed by atoms with Crippen LogP contribution in [-0.4, -0.2) is 32.0 Å². The minimum Gasteiger partial charge on any atom is -0.352 e. The molecule has 38 heavy (non-hydrogen) atoms. The van der Waals surface area contributed by atoms with Gasteiger partial charge in [-0.2, -0.15) is 0 Å². The van der Waals surface area contributed by atoms with Crippen molar-refractivity contribution in [3.8, 4) is 5.69 Å². The van der Waals surface area contributed by atoms with Crippen molar-refractivity contribution in [2.75, 3.05) is 11.9 Å². The molecule has 0 bridgehead atoms. The van der Waals surface area contributed by atoms with E-state index in [1.807, 2.05) is 36.4 Å². The fraction of sp³-hybridized carbons (Fsp3) is 0.207. The number of aryl methyl sites for hydroxylation is 1. The molecule has 3 heterocycles. The molecule has 0 aliphatic carbocycles. The first kappa shape index (κ1) is 26.1. The average molecular weight is 593 g/mol. The summed E-state index contributed by atoms with van der Waals surface area (Å²) in [6, 6.07) is 21.6. The van der Waals surface area contributed by atoms with Crippen molar-refractivity contribution < 1.29 is 9.18 Å². The molecule has 194 valence electrons. The summed E-state index contributed by atoms with van der Waals surface area (Å²) in [5, 5.41) is 6.87. The third-order valence-electron chi connectivity index (χ3n) is 6.79. The van der Waals surface area contributed by atoms with Crippen LogP contribution >= 0.6 is 28.1 Å². The van der Waals surface area contributed by atoms with E-state index in [-0.39, 0.29) is 30.2 Å². The number of amides is 1. The van der Waals surface area contributed by atoms with Gasteiger partial charge >= 0.3 is 0 Å². The van der Waals surface area contributed by atoms with Gasteiger partial charge in [-0.05, 0) is 102 Å². The topological polar surface area (TPSA) is 62.2 Å². The number of aromatic nitrogens is 2. The largest absolute Gasteiger partial charge is 0.352 e. The van der Waals surface area contributed by atoms with E-state index < -0.39 is 0 Å². The number of para-hydroxylation sites is 1. The number of nitrogens with zero attached hydrogens (tertiary/aromatic N) is 3. The second-order valence-electron chi connectivity index (χ2n) is 9.24. The number of pyridine rings is 1. The van der Waals surface area contributed by atoms with E-state index in [4.69, 9.17) is 12.2 Å². The van der Waals surface area contributed by atoms with Gasteiger partial charge in [-0.1, -0.05) is 18.2 Å². The molecule has 4 aromatic rings. The van der Waals surface area contributed by atoms with E-state index in [0.29, 0.717) is 17.3 Å². The van der Waals surface area contributed by atoms with Crippen molar-refractivity contribution in [1.82, 2.24) is 19.8 Å². The zero-order chi connectivity index (χ0) is 26.8. The molecule has 0 radical (unpaired) electrons. The zero-order valence-corrected chi connectivity index (χ0v) is 23.4. The first-order valence-corrected chi connectivity index (χ1v) is 13.5. The van der Waals surface area contributed by atoms with Crippen molar-refractivity contribution in [2.45, 2.75) is 32.4 Å². The predicted molar refractivity (Wildman–Crippen MR) is 155 cm³/mol. The molecule has 0 saturated carbocycles. The molecule has 2 N–H and O–H groups in total. The Morgan fingerprint density at radius 2 is 1.84 bits per heavy atom. The lowest BCUT2D eigenvalue weighted by atomic mass is 9.96. The van der Waals surface area contributed by atoms with Gasteiger partial charge < -0.3 is 20.1 Å². The van der Waals surface area contributed by atoms with Crippen LogP contribution in [0.3, 0.4) is 0 Å². The normalized spacial score (nSPS) is 16.9. The lowest BCUT2D eigenvalue weighted by Crippen LogP contribution is -2.32. The van der Waals surface area contributed by atoms with Crippen molar-refractivity contribution in [2.24, 2.45) is 0 Å². The predicted octanol–water partition coefficient (Wildman–Crippen LogP) is 6.39. The van der Waals surface area contributed by atoms with Gasteiger partial charge in [0.1, 0.15) is 5.82 Å². The van der Waals surface area contributed by atoms with E-state index in [1.54, 1.807) is 18.3 Å². The number of nitrogens with one attached hydrogen (secondary N) is 2. The van der Waals surface area contributed by atoms with Crippen LogP contribution < -0.4 is 10.6 Å². The maximum Gasteiger partial charge on any atom is 0.226 e. The summed E-state index contributed by atoms with van der Waals surface area (Å²) < 4.78 is 16.5. The lowest BCUT2D eigenvalue weighted by Gasteiger charge is -2.28. The quantitative estimate of drug-likeness (QED) is 0.244. The molecule has 1 saturated heterocycles. The smallest absolute Gasteiger partial charge is 0.226 e. The highest BCUT2D eigenvalue weighted by molar-refractivity contribution is 9.10. The lowest BCUT2D eigenvalue weighted by molar-refractivity contribution is -0.116. The summed E-state index contributed by atoms with van der Waals surface area (Å²) in [5.41, 5.74) is 5.79. The highest BCUT2D eigenvalue weighted by Crippen LogP contribution is 2.42. The standard InChI is InChI=1S/C29H27BrFN5OS/c1-18-17-22(19(2)36(18)25-9-4-3-7-23(25)30)28-27(24-8-5-6-15-32-24)34-29(38)35(28)16-14-26(37)33-21-12-10-20(31)11-13-21/h3-13,15,17,27-28H,14,16H2,1-2H3,(H,33,37)(H,34,38)/t27-,28+/m0/s1. The van der Waals surface area contributed by atoms with Crippen LogP contribution in [0.2, 0.25) is 0 Å². The molecule has 0 spiro atoms. The van der Waals surface area contributed by atoms with Crippen molar-refractivity contribution in [3.63, 3.8) is 0 Å². The van der Waals surface area contributed by atoms with Gasteiger partial charge in [0.05, 0.1) is 23.5 Å². The van der Waals surface area contributed by atoms with E-state index in [1.165, 1.54) is 12.1 Å². The number of hydrogen-bond acceptors (Lipinski definition) is 3. The van der Waals surface area contributed by atoms with E-state index in [0.717, 1.165) is 32.8 Å². The molecular formula is C29H27BrFN5OS. The van der Waals surface area contributed by atoms with Crippen LogP contribution in [0.1, 0.15) is 41.1 Å². The van der Waals surface area contributed by atoms with Gasteiger partial charge in [0, 0.05) is 40.7 Å². The number of rotatable bonds is 7. The Kier molecular flexibility index (Phi) is 7.58. The van der Waals surface area contributed by atoms with Crippen LogP contribution in [0.25, 0.3) is 5.69 Å². The number of hydrogen-bond donors (Lipinski definition) is 2. The Balaban J connectivity index is 1.47. The fourth-order valence-corrected chi connectivity index (χ4v) is 5.85. The van der Waals surface area contributed by atoms with Crippen LogP contribution in [0, 0.1) is 19.7 Å². The van der Waals surface area contributed by atoms with E-state index in [9.17, 15) is 9.18 Å².